The number of amides is 1. The molecule has 1 fully saturated rings. The highest BCUT2D eigenvalue weighted by Gasteiger charge is 2.25. The fraction of sp³-hybridized carbons (Fsp3) is 0.250. The zero-order chi connectivity index (χ0) is 16.7. The summed E-state index contributed by atoms with van der Waals surface area (Å²) in [7, 11) is 0. The summed E-state index contributed by atoms with van der Waals surface area (Å²) in [5.74, 6) is 0.0939. The maximum Gasteiger partial charge on any atom is 0.256 e. The van der Waals surface area contributed by atoms with Gasteiger partial charge in [0.2, 0.25) is 0 Å². The molecule has 0 spiro atoms. The van der Waals surface area contributed by atoms with E-state index >= 15 is 0 Å². The molecule has 0 atom stereocenters. The van der Waals surface area contributed by atoms with Gasteiger partial charge in [0.05, 0.1) is 0 Å². The number of rotatable bonds is 2. The first-order chi connectivity index (χ1) is 11.6. The van der Waals surface area contributed by atoms with Crippen LogP contribution in [0.1, 0.15) is 48.3 Å². The lowest BCUT2D eigenvalue weighted by Gasteiger charge is -2.12. The van der Waals surface area contributed by atoms with Crippen LogP contribution in [0.2, 0.25) is 0 Å². The molecular weight excluding hydrogens is 305 g/mol. The number of aromatic hydroxyl groups is 1. The number of phenols is 1. The van der Waals surface area contributed by atoms with E-state index in [-0.39, 0.29) is 11.7 Å². The molecule has 1 saturated carbocycles. The van der Waals surface area contributed by atoms with Crippen LogP contribution in [0.5, 0.6) is 5.75 Å². The molecule has 24 heavy (non-hydrogen) atoms. The molecule has 0 unspecified atom stereocenters. The van der Waals surface area contributed by atoms with Crippen molar-refractivity contribution < 1.29 is 14.3 Å². The van der Waals surface area contributed by atoms with Gasteiger partial charge in [0.25, 0.3) is 5.91 Å². The molecule has 1 amide bonds. The zero-order valence-corrected chi connectivity index (χ0v) is 13.2. The Morgan fingerprint density at radius 1 is 1.12 bits per heavy atom. The van der Waals surface area contributed by atoms with E-state index in [1.54, 1.807) is 24.3 Å². The van der Waals surface area contributed by atoms with E-state index in [0.29, 0.717) is 28.5 Å². The van der Waals surface area contributed by atoms with Crippen molar-refractivity contribution in [2.75, 3.05) is 5.32 Å². The molecule has 0 bridgehead atoms. The molecule has 1 aliphatic heterocycles. The van der Waals surface area contributed by atoms with Crippen LogP contribution in [-0.2, 0) is 4.79 Å². The topological polar surface area (TPSA) is 49.3 Å². The first kappa shape index (κ1) is 14.9. The molecule has 4 heteroatoms. The van der Waals surface area contributed by atoms with Crippen LogP contribution in [0, 0.1) is 5.82 Å². The summed E-state index contributed by atoms with van der Waals surface area (Å²) >= 11 is 0. The highest BCUT2D eigenvalue weighted by Crippen LogP contribution is 2.40. The average Bonchev–Trinajstić information content (AvgIpc) is 3.19. The lowest BCUT2D eigenvalue weighted by molar-refractivity contribution is -0.110. The number of benzene rings is 2. The van der Waals surface area contributed by atoms with E-state index in [0.717, 1.165) is 24.0 Å². The van der Waals surface area contributed by atoms with Crippen LogP contribution in [0.3, 0.4) is 0 Å². The average molecular weight is 323 g/mol. The quantitative estimate of drug-likeness (QED) is 0.788. The second-order valence-corrected chi connectivity index (χ2v) is 6.50. The van der Waals surface area contributed by atoms with Gasteiger partial charge in [0.1, 0.15) is 11.6 Å². The Labute approximate surface area is 139 Å². The van der Waals surface area contributed by atoms with Crippen LogP contribution < -0.4 is 5.32 Å². The van der Waals surface area contributed by atoms with Crippen molar-refractivity contribution >= 4 is 23.2 Å². The maximum absolute atomic E-state index is 13.5. The summed E-state index contributed by atoms with van der Waals surface area (Å²) in [6.07, 6.45) is 6.30. The first-order valence-corrected chi connectivity index (χ1v) is 8.28. The van der Waals surface area contributed by atoms with E-state index < -0.39 is 0 Å². The molecule has 1 aliphatic carbocycles. The lowest BCUT2D eigenvalue weighted by atomic mass is 9.94. The minimum atomic E-state index is -0.367. The largest absolute Gasteiger partial charge is 0.508 e. The Balaban J connectivity index is 1.75. The van der Waals surface area contributed by atoms with E-state index in [1.165, 1.54) is 25.0 Å². The molecule has 4 rings (SSSR count). The summed E-state index contributed by atoms with van der Waals surface area (Å²) in [6, 6.07) is 9.69. The minimum absolute atomic E-state index is 0.230. The third kappa shape index (κ3) is 2.58. The van der Waals surface area contributed by atoms with Gasteiger partial charge in [0, 0.05) is 16.8 Å². The van der Waals surface area contributed by atoms with Crippen molar-refractivity contribution in [3.05, 3.63) is 58.9 Å². The standard InChI is InChI=1S/C20H18FNO2/c21-14-6-7-18-16(11-14)17(20(24)22-18)10-12-5-8-19(23)15(9-12)13-3-1-2-4-13/h5-11,13,23H,1-4H2,(H,22,24)/b17-10+. The second-order valence-electron chi connectivity index (χ2n) is 6.50. The number of hydrogen-bond donors (Lipinski definition) is 2. The van der Waals surface area contributed by atoms with Crippen molar-refractivity contribution in [1.29, 1.82) is 0 Å². The summed E-state index contributed by atoms with van der Waals surface area (Å²) in [5.41, 5.74) is 3.45. The molecular formula is C20H18FNO2. The van der Waals surface area contributed by atoms with Gasteiger partial charge in [0.15, 0.2) is 0 Å². The Morgan fingerprint density at radius 2 is 1.92 bits per heavy atom. The predicted molar refractivity (Wildman–Crippen MR) is 92.2 cm³/mol. The Morgan fingerprint density at radius 3 is 2.71 bits per heavy atom. The summed E-state index contributed by atoms with van der Waals surface area (Å²) in [6.45, 7) is 0. The fourth-order valence-electron chi connectivity index (χ4n) is 3.70. The normalized spacial score (nSPS) is 18.9. The number of phenolic OH excluding ortho intramolecular Hbond substituents is 1. The maximum atomic E-state index is 13.5. The number of carbonyl (C=O) groups excluding carboxylic acids is 1. The predicted octanol–water partition coefficient (Wildman–Crippen LogP) is 4.68. The number of halogens is 1. The summed E-state index contributed by atoms with van der Waals surface area (Å²) in [4.78, 5) is 12.2. The van der Waals surface area contributed by atoms with Crippen LogP contribution in [0.15, 0.2) is 36.4 Å². The molecule has 122 valence electrons. The van der Waals surface area contributed by atoms with Gasteiger partial charge in [-0.25, -0.2) is 4.39 Å². The van der Waals surface area contributed by atoms with Crippen molar-refractivity contribution in [2.45, 2.75) is 31.6 Å². The van der Waals surface area contributed by atoms with E-state index in [1.807, 2.05) is 6.07 Å². The molecule has 0 aromatic heterocycles. The Hall–Kier alpha value is -2.62. The number of hydrogen-bond acceptors (Lipinski definition) is 2. The summed E-state index contributed by atoms with van der Waals surface area (Å²) in [5, 5.41) is 12.9. The Bertz CT molecular complexity index is 851. The molecule has 2 aromatic carbocycles. The van der Waals surface area contributed by atoms with Crippen molar-refractivity contribution in [1.82, 2.24) is 0 Å². The van der Waals surface area contributed by atoms with Gasteiger partial charge in [-0.1, -0.05) is 18.9 Å². The molecule has 2 aliphatic rings. The van der Waals surface area contributed by atoms with Crippen LogP contribution >= 0.6 is 0 Å². The van der Waals surface area contributed by atoms with Crippen molar-refractivity contribution in [3.8, 4) is 5.75 Å². The number of fused-ring (bicyclic) bond motifs is 1. The van der Waals surface area contributed by atoms with Gasteiger partial charge >= 0.3 is 0 Å². The minimum Gasteiger partial charge on any atom is -0.508 e. The molecule has 0 radical (unpaired) electrons. The monoisotopic (exact) mass is 323 g/mol. The van der Waals surface area contributed by atoms with Crippen molar-refractivity contribution in [2.24, 2.45) is 0 Å². The molecule has 3 nitrogen and oxygen atoms in total. The highest BCUT2D eigenvalue weighted by atomic mass is 19.1. The van der Waals surface area contributed by atoms with Gasteiger partial charge < -0.3 is 10.4 Å². The number of carbonyl (C=O) groups is 1. The first-order valence-electron chi connectivity index (χ1n) is 8.28. The molecule has 0 saturated heterocycles. The van der Waals surface area contributed by atoms with E-state index in [2.05, 4.69) is 5.32 Å². The lowest BCUT2D eigenvalue weighted by Crippen LogP contribution is -2.03. The molecule has 2 aromatic rings. The van der Waals surface area contributed by atoms with Crippen LogP contribution in [-0.4, -0.2) is 11.0 Å². The zero-order valence-electron chi connectivity index (χ0n) is 13.2. The van der Waals surface area contributed by atoms with Crippen LogP contribution in [0.25, 0.3) is 11.6 Å². The Kier molecular flexibility index (Phi) is 3.60. The second kappa shape index (κ2) is 5.78. The van der Waals surface area contributed by atoms with Crippen molar-refractivity contribution in [3.63, 3.8) is 0 Å². The smallest absolute Gasteiger partial charge is 0.256 e. The third-order valence-corrected chi connectivity index (χ3v) is 4.92. The van der Waals surface area contributed by atoms with Gasteiger partial charge in [-0.2, -0.15) is 0 Å². The number of nitrogens with one attached hydrogen (secondary N) is 1. The number of anilines is 1. The molecule has 2 N–H and O–H groups in total. The third-order valence-electron chi connectivity index (χ3n) is 4.92. The SMILES string of the molecule is O=C1Nc2ccc(F)cc2/C1=C\c1ccc(O)c(C2CCCC2)c1. The van der Waals surface area contributed by atoms with E-state index in [4.69, 9.17) is 0 Å². The van der Waals surface area contributed by atoms with Gasteiger partial charge in [-0.05, 0) is 66.3 Å². The van der Waals surface area contributed by atoms with E-state index in [9.17, 15) is 14.3 Å². The van der Waals surface area contributed by atoms with Gasteiger partial charge in [-0.15, -0.1) is 0 Å². The van der Waals surface area contributed by atoms with Crippen LogP contribution in [0.4, 0.5) is 10.1 Å². The van der Waals surface area contributed by atoms with Gasteiger partial charge in [-0.3, -0.25) is 4.79 Å². The molecule has 1 heterocycles. The fourth-order valence-corrected chi connectivity index (χ4v) is 3.70. The highest BCUT2D eigenvalue weighted by molar-refractivity contribution is 6.34. The summed E-state index contributed by atoms with van der Waals surface area (Å²) < 4.78 is 13.5.